The van der Waals surface area contributed by atoms with Crippen LogP contribution >= 0.6 is 0 Å². The molecule has 0 radical (unpaired) electrons. The number of hydrogen-bond donors (Lipinski definition) is 0. The molecule has 5 heteroatoms. The molecule has 120 valence electrons. The van der Waals surface area contributed by atoms with Crippen LogP contribution < -0.4 is 0 Å². The molecular formula is C19H14O5. The second-order valence-electron chi connectivity index (χ2n) is 4.91. The fourth-order valence-corrected chi connectivity index (χ4v) is 2.05. The summed E-state index contributed by atoms with van der Waals surface area (Å²) in [6.45, 7) is 0.00643. The zero-order valence-corrected chi connectivity index (χ0v) is 12.7. The van der Waals surface area contributed by atoms with Crippen LogP contribution in [0.1, 0.15) is 20.7 Å². The van der Waals surface area contributed by atoms with Crippen LogP contribution in [-0.2, 0) is 14.2 Å². The number of ether oxygens (including phenoxy) is 3. The maximum atomic E-state index is 12.1. The van der Waals surface area contributed by atoms with E-state index < -0.39 is 11.9 Å². The van der Waals surface area contributed by atoms with Crippen LogP contribution in [0.25, 0.3) is 0 Å². The average molecular weight is 322 g/mol. The number of allylic oxidation sites excluding steroid dienone is 1. The summed E-state index contributed by atoms with van der Waals surface area (Å²) < 4.78 is 15.8. The molecule has 0 amide bonds. The van der Waals surface area contributed by atoms with Gasteiger partial charge in [0.05, 0.1) is 17.4 Å². The largest absolute Gasteiger partial charge is 0.493 e. The Labute approximate surface area is 138 Å². The van der Waals surface area contributed by atoms with Crippen molar-refractivity contribution in [3.05, 3.63) is 95.6 Å². The van der Waals surface area contributed by atoms with E-state index in [-0.39, 0.29) is 18.1 Å². The van der Waals surface area contributed by atoms with Gasteiger partial charge in [-0.3, -0.25) is 0 Å². The number of carbonyl (C=O) groups excluding carboxylic acids is 2. The summed E-state index contributed by atoms with van der Waals surface area (Å²) in [6, 6.07) is 17.1. The van der Waals surface area contributed by atoms with E-state index in [1.54, 1.807) is 60.7 Å². The molecule has 1 aliphatic heterocycles. The Morgan fingerprint density at radius 2 is 1.33 bits per heavy atom. The molecule has 0 bridgehead atoms. The summed E-state index contributed by atoms with van der Waals surface area (Å²) in [4.78, 5) is 24.3. The van der Waals surface area contributed by atoms with Gasteiger partial charge < -0.3 is 14.2 Å². The standard InChI is InChI=1S/C19H14O5/c20-18(14-7-3-1-4-8-14)23-16-11-12-22-13-17(16)24-19(21)15-9-5-2-6-10-15/h1-12H,13H2. The highest BCUT2D eigenvalue weighted by Crippen LogP contribution is 2.19. The van der Waals surface area contributed by atoms with Gasteiger partial charge in [-0.1, -0.05) is 36.4 Å². The van der Waals surface area contributed by atoms with Crippen molar-refractivity contribution < 1.29 is 23.8 Å². The summed E-state index contributed by atoms with van der Waals surface area (Å²) in [7, 11) is 0. The molecule has 24 heavy (non-hydrogen) atoms. The lowest BCUT2D eigenvalue weighted by Gasteiger charge is -2.16. The quantitative estimate of drug-likeness (QED) is 0.807. The Hall–Kier alpha value is -3.34. The highest BCUT2D eigenvalue weighted by molar-refractivity contribution is 5.91. The monoisotopic (exact) mass is 322 g/mol. The van der Waals surface area contributed by atoms with Crippen LogP contribution in [0.5, 0.6) is 0 Å². The van der Waals surface area contributed by atoms with Gasteiger partial charge in [0.25, 0.3) is 0 Å². The van der Waals surface area contributed by atoms with Gasteiger partial charge in [-0.15, -0.1) is 0 Å². The van der Waals surface area contributed by atoms with Gasteiger partial charge in [-0.25, -0.2) is 9.59 Å². The minimum absolute atomic E-state index is 0.00643. The molecule has 0 saturated carbocycles. The molecular weight excluding hydrogens is 308 g/mol. The molecule has 1 aliphatic rings. The van der Waals surface area contributed by atoms with Crippen LogP contribution in [-0.4, -0.2) is 18.5 Å². The average Bonchev–Trinajstić information content (AvgIpc) is 2.64. The van der Waals surface area contributed by atoms with Gasteiger partial charge in [0.1, 0.15) is 6.61 Å². The van der Waals surface area contributed by atoms with Gasteiger partial charge in [-0.2, -0.15) is 0 Å². The Morgan fingerprint density at radius 3 is 1.92 bits per heavy atom. The van der Waals surface area contributed by atoms with Gasteiger partial charge in [0.15, 0.2) is 11.5 Å². The predicted octanol–water partition coefficient (Wildman–Crippen LogP) is 3.46. The third-order valence-electron chi connectivity index (χ3n) is 3.24. The van der Waals surface area contributed by atoms with Crippen molar-refractivity contribution in [2.45, 2.75) is 0 Å². The second-order valence-corrected chi connectivity index (χ2v) is 4.91. The number of carbonyl (C=O) groups is 2. The smallest absolute Gasteiger partial charge is 0.343 e. The maximum absolute atomic E-state index is 12.1. The number of hydrogen-bond acceptors (Lipinski definition) is 5. The summed E-state index contributed by atoms with van der Waals surface area (Å²) in [6.07, 6.45) is 2.82. The molecule has 0 saturated heterocycles. The third kappa shape index (κ3) is 3.70. The molecule has 0 aromatic heterocycles. The van der Waals surface area contributed by atoms with E-state index in [1.165, 1.54) is 12.3 Å². The third-order valence-corrected chi connectivity index (χ3v) is 3.24. The van der Waals surface area contributed by atoms with Gasteiger partial charge in [0, 0.05) is 6.08 Å². The van der Waals surface area contributed by atoms with Crippen LogP contribution in [0.15, 0.2) is 84.5 Å². The van der Waals surface area contributed by atoms with Crippen molar-refractivity contribution >= 4 is 11.9 Å². The Morgan fingerprint density at radius 1 is 0.792 bits per heavy atom. The Kier molecular flexibility index (Phi) is 4.72. The summed E-state index contributed by atoms with van der Waals surface area (Å²) in [5, 5.41) is 0. The van der Waals surface area contributed by atoms with Gasteiger partial charge in [-0.05, 0) is 24.3 Å². The highest BCUT2D eigenvalue weighted by Gasteiger charge is 2.20. The molecule has 0 spiro atoms. The molecule has 0 N–H and O–H groups in total. The summed E-state index contributed by atoms with van der Waals surface area (Å²) >= 11 is 0. The van der Waals surface area contributed by atoms with Crippen LogP contribution in [0.4, 0.5) is 0 Å². The topological polar surface area (TPSA) is 61.8 Å². The summed E-state index contributed by atoms with van der Waals surface area (Å²) in [5.41, 5.74) is 0.798. The Balaban J connectivity index is 1.77. The zero-order chi connectivity index (χ0) is 16.8. The molecule has 0 unspecified atom stereocenters. The van der Waals surface area contributed by atoms with Gasteiger partial charge >= 0.3 is 11.9 Å². The predicted molar refractivity (Wildman–Crippen MR) is 85.8 cm³/mol. The Bertz CT molecular complexity index is 791. The minimum atomic E-state index is -0.544. The van der Waals surface area contributed by atoms with E-state index in [2.05, 4.69) is 0 Å². The molecule has 1 heterocycles. The van der Waals surface area contributed by atoms with Crippen LogP contribution in [0.3, 0.4) is 0 Å². The van der Waals surface area contributed by atoms with E-state index >= 15 is 0 Å². The fraction of sp³-hybridized carbons (Fsp3) is 0.0526. The van der Waals surface area contributed by atoms with Crippen LogP contribution in [0.2, 0.25) is 0 Å². The van der Waals surface area contributed by atoms with E-state index in [1.807, 2.05) is 0 Å². The first-order valence-corrected chi connectivity index (χ1v) is 7.30. The van der Waals surface area contributed by atoms with Crippen molar-refractivity contribution in [1.82, 2.24) is 0 Å². The molecule has 2 aromatic carbocycles. The highest BCUT2D eigenvalue weighted by atomic mass is 16.6. The first kappa shape index (κ1) is 15.6. The van der Waals surface area contributed by atoms with Crippen molar-refractivity contribution in [2.24, 2.45) is 0 Å². The number of benzene rings is 2. The molecule has 3 rings (SSSR count). The first-order chi connectivity index (χ1) is 11.7. The maximum Gasteiger partial charge on any atom is 0.343 e. The summed E-state index contributed by atoms with van der Waals surface area (Å²) in [5.74, 6) is -0.779. The number of rotatable bonds is 4. The lowest BCUT2D eigenvalue weighted by atomic mass is 10.2. The molecule has 2 aromatic rings. The normalized spacial score (nSPS) is 13.2. The lowest BCUT2D eigenvalue weighted by molar-refractivity contribution is 0.0474. The molecule has 0 aliphatic carbocycles. The molecule has 0 fully saturated rings. The van der Waals surface area contributed by atoms with E-state index in [0.29, 0.717) is 11.1 Å². The molecule has 5 nitrogen and oxygen atoms in total. The number of esters is 2. The van der Waals surface area contributed by atoms with E-state index in [9.17, 15) is 9.59 Å². The van der Waals surface area contributed by atoms with E-state index in [4.69, 9.17) is 14.2 Å². The van der Waals surface area contributed by atoms with Gasteiger partial charge in [0.2, 0.25) is 0 Å². The van der Waals surface area contributed by atoms with Crippen molar-refractivity contribution in [2.75, 3.05) is 6.61 Å². The van der Waals surface area contributed by atoms with Crippen molar-refractivity contribution in [3.63, 3.8) is 0 Å². The van der Waals surface area contributed by atoms with Crippen molar-refractivity contribution in [1.29, 1.82) is 0 Å². The van der Waals surface area contributed by atoms with Crippen LogP contribution in [0, 0.1) is 0 Å². The van der Waals surface area contributed by atoms with E-state index in [0.717, 1.165) is 0 Å². The molecule has 0 atom stereocenters. The SMILES string of the molecule is O=C(OC1=C(OC(=O)c2ccccc2)COC=C1)c1ccccc1. The lowest BCUT2D eigenvalue weighted by Crippen LogP contribution is -2.15. The van der Waals surface area contributed by atoms with Crippen molar-refractivity contribution in [3.8, 4) is 0 Å². The first-order valence-electron chi connectivity index (χ1n) is 7.30. The fourth-order valence-electron chi connectivity index (χ4n) is 2.05. The minimum Gasteiger partial charge on any atom is -0.493 e. The second kappa shape index (κ2) is 7.28. The zero-order valence-electron chi connectivity index (χ0n) is 12.7.